The van der Waals surface area contributed by atoms with Gasteiger partial charge in [-0.1, -0.05) is 181 Å². The average molecular weight is 780 g/mol. The van der Waals surface area contributed by atoms with Gasteiger partial charge in [-0.3, -0.25) is 0 Å². The van der Waals surface area contributed by atoms with Crippen LogP contribution >= 0.6 is 0 Å². The monoisotopic (exact) mass is 779 g/mol. The molecule has 0 aliphatic rings. The fourth-order valence-electron chi connectivity index (χ4n) is 11.1. The summed E-state index contributed by atoms with van der Waals surface area (Å²) < 4.78 is 0. The van der Waals surface area contributed by atoms with Gasteiger partial charge in [-0.2, -0.15) is 0 Å². The van der Waals surface area contributed by atoms with Gasteiger partial charge in [-0.05, 0) is 173 Å². The van der Waals surface area contributed by atoms with Crippen molar-refractivity contribution >= 4 is 64.6 Å². The van der Waals surface area contributed by atoms with Gasteiger partial charge in [0.1, 0.15) is 0 Å². The van der Waals surface area contributed by atoms with E-state index in [1.54, 1.807) is 0 Å². The second kappa shape index (κ2) is 14.3. The van der Waals surface area contributed by atoms with E-state index in [2.05, 4.69) is 217 Å². The number of aryl methyl sites for hydroxylation is 6. The van der Waals surface area contributed by atoms with Crippen molar-refractivity contribution in [2.45, 2.75) is 41.5 Å². The molecule has 0 unspecified atom stereocenters. The standard InChI is InChI=1S/C61H47/c1-36-31-38(3)54(39(4)32-36)57-46-23-11-15-27-50(46)59(51-28-16-12-24-47(51)57)61(56-44-21-9-7-19-42(44)35-43-20-8-10-22-45(43)56)60-52-29-17-13-25-48(52)58(49-26-14-18-30-53(49)60)55-40(5)33-37(2)34-41(55)6/h7-35H,1-6H3. The lowest BCUT2D eigenvalue weighted by Gasteiger charge is -2.30. The lowest BCUT2D eigenvalue weighted by atomic mass is 9.72. The Hall–Kier alpha value is -7.02. The quantitative estimate of drug-likeness (QED) is 0.121. The summed E-state index contributed by atoms with van der Waals surface area (Å²) in [5, 5.41) is 15.1. The van der Waals surface area contributed by atoms with Crippen molar-refractivity contribution < 1.29 is 0 Å². The first-order valence-corrected chi connectivity index (χ1v) is 21.6. The van der Waals surface area contributed by atoms with Crippen molar-refractivity contribution in [1.82, 2.24) is 0 Å². The summed E-state index contributed by atoms with van der Waals surface area (Å²) in [5.41, 5.74) is 16.9. The number of rotatable bonds is 5. The van der Waals surface area contributed by atoms with Gasteiger partial charge < -0.3 is 0 Å². The zero-order valence-electron chi connectivity index (χ0n) is 35.7. The molecule has 0 amide bonds. The Bertz CT molecular complexity index is 3200. The van der Waals surface area contributed by atoms with Crippen molar-refractivity contribution in [1.29, 1.82) is 0 Å². The van der Waals surface area contributed by atoms with Crippen LogP contribution in [0.25, 0.3) is 86.9 Å². The molecule has 61 heavy (non-hydrogen) atoms. The Morgan fingerprint density at radius 1 is 0.246 bits per heavy atom. The van der Waals surface area contributed by atoms with E-state index in [0.29, 0.717) is 0 Å². The van der Waals surface area contributed by atoms with Crippen LogP contribution in [0.2, 0.25) is 0 Å². The molecule has 11 aromatic carbocycles. The minimum Gasteiger partial charge on any atom is -0.0616 e. The van der Waals surface area contributed by atoms with Gasteiger partial charge in [-0.15, -0.1) is 0 Å². The van der Waals surface area contributed by atoms with Crippen LogP contribution in [0.3, 0.4) is 0 Å². The first-order valence-electron chi connectivity index (χ1n) is 21.6. The van der Waals surface area contributed by atoms with Crippen LogP contribution in [-0.4, -0.2) is 0 Å². The van der Waals surface area contributed by atoms with Crippen LogP contribution in [-0.2, 0) is 0 Å². The van der Waals surface area contributed by atoms with Gasteiger partial charge in [0.05, 0.1) is 5.92 Å². The van der Waals surface area contributed by atoms with Crippen LogP contribution in [0, 0.1) is 47.5 Å². The molecular formula is C61H47. The lowest BCUT2D eigenvalue weighted by molar-refractivity contribution is 1.32. The molecule has 0 aliphatic heterocycles. The van der Waals surface area contributed by atoms with Gasteiger partial charge in [0, 0.05) is 0 Å². The lowest BCUT2D eigenvalue weighted by Crippen LogP contribution is -2.11. The Labute approximate surface area is 358 Å². The molecule has 0 nitrogen and oxygen atoms in total. The second-order valence-corrected chi connectivity index (χ2v) is 17.3. The number of hydrogen-bond donors (Lipinski definition) is 0. The molecule has 0 saturated heterocycles. The topological polar surface area (TPSA) is 0 Å². The zero-order valence-corrected chi connectivity index (χ0v) is 35.7. The van der Waals surface area contributed by atoms with E-state index in [0.717, 1.165) is 0 Å². The fraction of sp³-hybridized carbons (Fsp3) is 0.0984. The summed E-state index contributed by atoms with van der Waals surface area (Å²) in [6, 6.07) is 66.6. The average Bonchev–Trinajstić information content (AvgIpc) is 3.26. The van der Waals surface area contributed by atoms with Crippen molar-refractivity contribution in [2.75, 3.05) is 0 Å². The smallest absolute Gasteiger partial charge is 0.0616 e. The maximum Gasteiger partial charge on any atom is 0.0667 e. The predicted molar refractivity (Wildman–Crippen MR) is 264 cm³/mol. The molecule has 0 saturated carbocycles. The highest BCUT2D eigenvalue weighted by atomic mass is 14.3. The summed E-state index contributed by atoms with van der Waals surface area (Å²) in [6.45, 7) is 13.5. The molecule has 291 valence electrons. The van der Waals surface area contributed by atoms with Gasteiger partial charge in [0.25, 0.3) is 0 Å². The van der Waals surface area contributed by atoms with E-state index >= 15 is 0 Å². The first kappa shape index (κ1) is 37.0. The Kier molecular flexibility index (Phi) is 8.69. The van der Waals surface area contributed by atoms with E-state index in [4.69, 9.17) is 0 Å². The van der Waals surface area contributed by atoms with Crippen molar-refractivity contribution in [3.63, 3.8) is 0 Å². The highest BCUT2D eigenvalue weighted by molar-refractivity contribution is 6.23. The molecule has 0 atom stereocenters. The van der Waals surface area contributed by atoms with Gasteiger partial charge >= 0.3 is 0 Å². The summed E-state index contributed by atoms with van der Waals surface area (Å²) in [5.74, 6) is 1.26. The normalized spacial score (nSPS) is 11.9. The zero-order chi connectivity index (χ0) is 41.5. The molecule has 0 spiro atoms. The molecule has 0 bridgehead atoms. The van der Waals surface area contributed by atoms with E-state index < -0.39 is 0 Å². The largest absolute Gasteiger partial charge is 0.0667 e. The summed E-state index contributed by atoms with van der Waals surface area (Å²) in [7, 11) is 0. The highest BCUT2D eigenvalue weighted by Crippen LogP contribution is 2.53. The number of hydrogen-bond acceptors (Lipinski definition) is 0. The summed E-state index contributed by atoms with van der Waals surface area (Å²) in [6.07, 6.45) is 0. The summed E-state index contributed by atoms with van der Waals surface area (Å²) in [4.78, 5) is 0. The Morgan fingerprint density at radius 2 is 0.492 bits per heavy atom. The maximum absolute atomic E-state index is 2.38. The van der Waals surface area contributed by atoms with Crippen LogP contribution in [0.1, 0.15) is 50.1 Å². The first-order chi connectivity index (χ1) is 29.8. The van der Waals surface area contributed by atoms with E-state index in [9.17, 15) is 0 Å². The molecular weight excluding hydrogens is 733 g/mol. The number of benzene rings is 11. The fourth-order valence-corrected chi connectivity index (χ4v) is 11.1. The van der Waals surface area contributed by atoms with Crippen molar-refractivity contribution in [3.8, 4) is 22.3 Å². The Balaban J connectivity index is 1.40. The van der Waals surface area contributed by atoms with Crippen molar-refractivity contribution in [2.24, 2.45) is 0 Å². The molecule has 0 heteroatoms. The van der Waals surface area contributed by atoms with Gasteiger partial charge in [0.15, 0.2) is 0 Å². The van der Waals surface area contributed by atoms with Crippen LogP contribution in [0.5, 0.6) is 0 Å². The van der Waals surface area contributed by atoms with Gasteiger partial charge in [-0.25, -0.2) is 0 Å². The molecule has 11 aromatic rings. The Morgan fingerprint density at radius 3 is 0.803 bits per heavy atom. The van der Waals surface area contributed by atoms with Crippen LogP contribution < -0.4 is 0 Å². The maximum atomic E-state index is 2.38. The molecule has 0 heterocycles. The highest BCUT2D eigenvalue weighted by Gasteiger charge is 2.32. The number of fused-ring (bicyclic) bond motifs is 6. The molecule has 0 N–H and O–H groups in total. The second-order valence-electron chi connectivity index (χ2n) is 17.3. The molecule has 0 fully saturated rings. The van der Waals surface area contributed by atoms with Crippen molar-refractivity contribution in [3.05, 3.63) is 232 Å². The van der Waals surface area contributed by atoms with Crippen LogP contribution in [0.4, 0.5) is 0 Å². The minimum atomic E-state index is 1.24. The van der Waals surface area contributed by atoms with Gasteiger partial charge in [0.2, 0.25) is 0 Å². The molecule has 0 aromatic heterocycles. The SMILES string of the molecule is Cc1cc(C)c(-c2c3ccccc3c([C](c3c4ccccc4cc4ccccc34)c3c4ccccc4c(-c4c(C)cc(C)cc4C)c4ccccc34)c3ccccc23)c(C)c1. The predicted octanol–water partition coefficient (Wildman–Crippen LogP) is 16.8. The molecule has 1 radical (unpaired) electrons. The molecule has 11 rings (SSSR count). The third-order valence-electron chi connectivity index (χ3n) is 13.2. The minimum absolute atomic E-state index is 1.24. The van der Waals surface area contributed by atoms with Crippen LogP contribution in [0.15, 0.2) is 176 Å². The summed E-state index contributed by atoms with van der Waals surface area (Å²) >= 11 is 0. The van der Waals surface area contributed by atoms with E-state index in [-0.39, 0.29) is 0 Å². The van der Waals surface area contributed by atoms with E-state index in [1.807, 2.05) is 0 Å². The third-order valence-corrected chi connectivity index (χ3v) is 13.2. The van der Waals surface area contributed by atoms with E-state index in [1.165, 1.54) is 143 Å². The third kappa shape index (κ3) is 5.73. The molecule has 0 aliphatic carbocycles.